The van der Waals surface area contributed by atoms with Crippen LogP contribution in [0.3, 0.4) is 0 Å². The van der Waals surface area contributed by atoms with Crippen molar-refractivity contribution in [3.63, 3.8) is 0 Å². The highest BCUT2D eigenvalue weighted by Crippen LogP contribution is 2.19. The quantitative estimate of drug-likeness (QED) is 0.538. The molecule has 0 spiro atoms. The van der Waals surface area contributed by atoms with Crippen LogP contribution in [0.25, 0.3) is 0 Å². The Balaban J connectivity index is 1.58. The van der Waals surface area contributed by atoms with Gasteiger partial charge in [-0.05, 0) is 58.0 Å². The normalized spacial score (nSPS) is 10.1. The second-order valence-corrected chi connectivity index (χ2v) is 6.95. The molecule has 0 bridgehead atoms. The van der Waals surface area contributed by atoms with Crippen molar-refractivity contribution in [2.24, 2.45) is 0 Å². The van der Waals surface area contributed by atoms with Gasteiger partial charge in [0.05, 0.1) is 5.56 Å². The van der Waals surface area contributed by atoms with Crippen molar-refractivity contribution in [2.75, 3.05) is 5.32 Å². The van der Waals surface area contributed by atoms with Crippen LogP contribution in [-0.4, -0.2) is 11.0 Å². The minimum atomic E-state index is -0.281. The van der Waals surface area contributed by atoms with Crippen molar-refractivity contribution >= 4 is 44.9 Å². The number of thiocarbonyl (C=S) groups is 1. The van der Waals surface area contributed by atoms with Crippen LogP contribution in [0, 0.1) is 0 Å². The van der Waals surface area contributed by atoms with Crippen molar-refractivity contribution in [1.29, 1.82) is 0 Å². The number of rotatable bonds is 5. The first-order chi connectivity index (χ1) is 13.1. The third-order valence-electron chi connectivity index (χ3n) is 3.69. The predicted octanol–water partition coefficient (Wildman–Crippen LogP) is 5.15. The number of nitrogens with one attached hydrogen (secondary N) is 2. The first-order valence-electron chi connectivity index (χ1n) is 8.25. The van der Waals surface area contributed by atoms with Gasteiger partial charge < -0.3 is 10.1 Å². The summed E-state index contributed by atoms with van der Waals surface area (Å²) in [5, 5.41) is 5.90. The summed E-state index contributed by atoms with van der Waals surface area (Å²) in [6.45, 7) is 0.480. The molecule has 0 aliphatic rings. The van der Waals surface area contributed by atoms with Crippen molar-refractivity contribution in [3.05, 3.63) is 94.5 Å². The lowest BCUT2D eigenvalue weighted by Gasteiger charge is -2.12. The summed E-state index contributed by atoms with van der Waals surface area (Å²) < 4.78 is 6.51. The highest BCUT2D eigenvalue weighted by atomic mass is 79.9. The maximum absolute atomic E-state index is 12.3. The Morgan fingerprint density at radius 1 is 0.963 bits per heavy atom. The van der Waals surface area contributed by atoms with E-state index < -0.39 is 0 Å². The van der Waals surface area contributed by atoms with E-state index in [2.05, 4.69) is 26.6 Å². The molecule has 0 aliphatic heterocycles. The van der Waals surface area contributed by atoms with Gasteiger partial charge in [0, 0.05) is 16.2 Å². The average Bonchev–Trinajstić information content (AvgIpc) is 2.67. The molecule has 3 aromatic carbocycles. The van der Waals surface area contributed by atoms with Crippen LogP contribution in [0.2, 0.25) is 0 Å². The summed E-state index contributed by atoms with van der Waals surface area (Å²) in [7, 11) is 0. The Morgan fingerprint density at radius 2 is 1.70 bits per heavy atom. The monoisotopic (exact) mass is 440 g/mol. The van der Waals surface area contributed by atoms with Gasteiger partial charge in [-0.2, -0.15) is 0 Å². The number of carbonyl (C=O) groups is 1. The number of ether oxygens (including phenoxy) is 1. The molecule has 0 aromatic heterocycles. The summed E-state index contributed by atoms with van der Waals surface area (Å²) in [5.41, 5.74) is 2.34. The van der Waals surface area contributed by atoms with Crippen LogP contribution in [0.5, 0.6) is 5.75 Å². The fourth-order valence-corrected chi connectivity index (χ4v) is 3.06. The number of hydrogen-bond acceptors (Lipinski definition) is 3. The second-order valence-electron chi connectivity index (χ2n) is 5.69. The Hall–Kier alpha value is -2.70. The van der Waals surface area contributed by atoms with E-state index in [0.29, 0.717) is 22.4 Å². The molecule has 136 valence electrons. The maximum atomic E-state index is 12.3. The summed E-state index contributed by atoms with van der Waals surface area (Å²) in [4.78, 5) is 12.3. The smallest absolute Gasteiger partial charge is 0.258 e. The van der Waals surface area contributed by atoms with E-state index in [1.807, 2.05) is 60.7 Å². The third-order valence-corrected chi connectivity index (χ3v) is 4.58. The molecule has 0 saturated carbocycles. The van der Waals surface area contributed by atoms with Gasteiger partial charge in [0.15, 0.2) is 5.11 Å². The van der Waals surface area contributed by atoms with Crippen LogP contribution in [0.15, 0.2) is 83.3 Å². The highest BCUT2D eigenvalue weighted by molar-refractivity contribution is 9.10. The standard InChI is InChI=1S/C21H17BrN2O2S/c22-19-12-5-4-11-18(19)20(25)24-21(27)23-16-9-6-10-17(13-16)26-14-15-7-2-1-3-8-15/h1-13H,14H2,(H2,23,24,25,27). The van der Waals surface area contributed by atoms with E-state index in [9.17, 15) is 4.79 Å². The van der Waals surface area contributed by atoms with E-state index in [4.69, 9.17) is 17.0 Å². The average molecular weight is 441 g/mol. The number of anilines is 1. The van der Waals surface area contributed by atoms with E-state index in [1.54, 1.807) is 18.2 Å². The van der Waals surface area contributed by atoms with Gasteiger partial charge in [0.1, 0.15) is 12.4 Å². The number of halogens is 1. The zero-order chi connectivity index (χ0) is 19.1. The van der Waals surface area contributed by atoms with E-state index in [1.165, 1.54) is 0 Å². The van der Waals surface area contributed by atoms with Crippen LogP contribution in [0.4, 0.5) is 5.69 Å². The molecule has 3 aromatic rings. The molecule has 0 fully saturated rings. The number of amides is 1. The largest absolute Gasteiger partial charge is 0.489 e. The summed E-state index contributed by atoms with van der Waals surface area (Å²) >= 11 is 8.60. The lowest BCUT2D eigenvalue weighted by atomic mass is 10.2. The molecule has 6 heteroatoms. The number of hydrogen-bond donors (Lipinski definition) is 2. The van der Waals surface area contributed by atoms with Gasteiger partial charge in [0.25, 0.3) is 5.91 Å². The van der Waals surface area contributed by atoms with Crippen LogP contribution >= 0.6 is 28.1 Å². The van der Waals surface area contributed by atoms with Crippen LogP contribution in [0.1, 0.15) is 15.9 Å². The number of benzene rings is 3. The lowest BCUT2D eigenvalue weighted by Crippen LogP contribution is -2.34. The molecule has 0 atom stereocenters. The summed E-state index contributed by atoms with van der Waals surface area (Å²) in [5.74, 6) is 0.431. The Morgan fingerprint density at radius 3 is 2.48 bits per heavy atom. The summed E-state index contributed by atoms with van der Waals surface area (Å²) in [6.07, 6.45) is 0. The Kier molecular flexibility index (Phi) is 6.57. The van der Waals surface area contributed by atoms with Gasteiger partial charge in [-0.15, -0.1) is 0 Å². The minimum absolute atomic E-state index is 0.218. The fourth-order valence-electron chi connectivity index (χ4n) is 2.38. The van der Waals surface area contributed by atoms with Gasteiger partial charge in [-0.25, -0.2) is 0 Å². The van der Waals surface area contributed by atoms with Crippen molar-refractivity contribution in [1.82, 2.24) is 5.32 Å². The molecule has 4 nitrogen and oxygen atoms in total. The molecule has 0 unspecified atom stereocenters. The predicted molar refractivity (Wildman–Crippen MR) is 115 cm³/mol. The van der Waals surface area contributed by atoms with Crippen LogP contribution in [-0.2, 0) is 6.61 Å². The molecule has 0 aliphatic carbocycles. The highest BCUT2D eigenvalue weighted by Gasteiger charge is 2.11. The SMILES string of the molecule is O=C(NC(=S)Nc1cccc(OCc2ccccc2)c1)c1ccccc1Br. The topological polar surface area (TPSA) is 50.4 Å². The molecule has 27 heavy (non-hydrogen) atoms. The molecule has 0 saturated heterocycles. The summed E-state index contributed by atoms with van der Waals surface area (Å²) in [6, 6.07) is 24.5. The molecule has 0 radical (unpaired) electrons. The molecular formula is C21H17BrN2O2S. The first-order valence-corrected chi connectivity index (χ1v) is 9.45. The van der Waals surface area contributed by atoms with Crippen LogP contribution < -0.4 is 15.4 Å². The zero-order valence-corrected chi connectivity index (χ0v) is 16.7. The second kappa shape index (κ2) is 9.30. The molecule has 2 N–H and O–H groups in total. The minimum Gasteiger partial charge on any atom is -0.489 e. The molecular weight excluding hydrogens is 424 g/mol. The fraction of sp³-hybridized carbons (Fsp3) is 0.0476. The third kappa shape index (κ3) is 5.64. The Labute approximate surface area is 171 Å². The van der Waals surface area contributed by atoms with Crippen molar-refractivity contribution in [2.45, 2.75) is 6.61 Å². The maximum Gasteiger partial charge on any atom is 0.258 e. The zero-order valence-electron chi connectivity index (χ0n) is 14.3. The lowest BCUT2D eigenvalue weighted by molar-refractivity contribution is 0.0977. The van der Waals surface area contributed by atoms with Crippen molar-refractivity contribution in [3.8, 4) is 5.75 Å². The van der Waals surface area contributed by atoms with Crippen molar-refractivity contribution < 1.29 is 9.53 Å². The number of carbonyl (C=O) groups excluding carboxylic acids is 1. The van der Waals surface area contributed by atoms with E-state index in [0.717, 1.165) is 11.3 Å². The molecule has 0 heterocycles. The first kappa shape index (κ1) is 19.1. The Bertz CT molecular complexity index is 948. The van der Waals surface area contributed by atoms with Gasteiger partial charge in [0.2, 0.25) is 0 Å². The van der Waals surface area contributed by atoms with Gasteiger partial charge in [-0.3, -0.25) is 10.1 Å². The van der Waals surface area contributed by atoms with E-state index in [-0.39, 0.29) is 11.0 Å². The molecule has 3 rings (SSSR count). The van der Waals surface area contributed by atoms with Gasteiger partial charge in [-0.1, -0.05) is 48.5 Å². The molecule has 1 amide bonds. The van der Waals surface area contributed by atoms with E-state index >= 15 is 0 Å². The van der Waals surface area contributed by atoms with Gasteiger partial charge >= 0.3 is 0 Å².